The summed E-state index contributed by atoms with van der Waals surface area (Å²) >= 11 is 0. The highest BCUT2D eigenvalue weighted by molar-refractivity contribution is 5.61. The quantitative estimate of drug-likeness (QED) is 0.834. The van der Waals surface area contributed by atoms with Gasteiger partial charge in [0, 0.05) is 17.0 Å². The van der Waals surface area contributed by atoms with Gasteiger partial charge in [0.15, 0.2) is 11.5 Å². The van der Waals surface area contributed by atoms with Crippen LogP contribution in [-0.4, -0.2) is 46.5 Å². The smallest absolute Gasteiger partial charge is 0.165 e. The van der Waals surface area contributed by atoms with Crippen molar-refractivity contribution in [2.24, 2.45) is 5.92 Å². The van der Waals surface area contributed by atoms with Crippen molar-refractivity contribution in [3.05, 3.63) is 23.3 Å². The van der Waals surface area contributed by atoms with Gasteiger partial charge in [0.05, 0.1) is 0 Å². The number of hydrogen-bond acceptors (Lipinski definition) is 4. The molecular weight excluding hydrogens is 290 g/mol. The van der Waals surface area contributed by atoms with Crippen LogP contribution in [0.2, 0.25) is 0 Å². The minimum Gasteiger partial charge on any atom is -0.504 e. The SMILES string of the molecule is CC[C@]1(O)CC[C@H]2[C@H]3Cc4ccc(O)c5c4[C@@]2(CCN3C)[C@H]1O5. The van der Waals surface area contributed by atoms with Crippen LogP contribution in [0.1, 0.15) is 43.7 Å². The molecule has 5 atom stereocenters. The fraction of sp³-hybridized carbons (Fsp3) is 0.684. The third-order valence-corrected chi connectivity index (χ3v) is 7.38. The number of nitrogens with zero attached hydrogens (tertiary/aromatic N) is 1. The first-order valence-electron chi connectivity index (χ1n) is 8.96. The lowest BCUT2D eigenvalue weighted by Crippen LogP contribution is -2.69. The molecule has 4 nitrogen and oxygen atoms in total. The molecule has 1 spiro atoms. The fourth-order valence-electron chi connectivity index (χ4n) is 6.23. The minimum absolute atomic E-state index is 0.109. The molecule has 2 bridgehead atoms. The Labute approximate surface area is 137 Å². The molecule has 5 rings (SSSR count). The number of ether oxygens (including phenoxy) is 1. The van der Waals surface area contributed by atoms with E-state index in [1.54, 1.807) is 6.07 Å². The molecule has 23 heavy (non-hydrogen) atoms. The second-order valence-corrected chi connectivity index (χ2v) is 8.09. The van der Waals surface area contributed by atoms with Crippen molar-refractivity contribution < 1.29 is 14.9 Å². The predicted octanol–water partition coefficient (Wildman–Crippen LogP) is 2.20. The minimum atomic E-state index is -0.781. The van der Waals surface area contributed by atoms with Crippen molar-refractivity contribution in [1.29, 1.82) is 0 Å². The van der Waals surface area contributed by atoms with E-state index in [1.165, 1.54) is 11.1 Å². The van der Waals surface area contributed by atoms with Gasteiger partial charge in [-0.25, -0.2) is 0 Å². The number of phenolic OH excluding ortho intramolecular Hbond substituents is 1. The zero-order valence-electron chi connectivity index (χ0n) is 13.9. The summed E-state index contributed by atoms with van der Waals surface area (Å²) in [6.45, 7) is 3.09. The summed E-state index contributed by atoms with van der Waals surface area (Å²) < 4.78 is 6.33. The van der Waals surface area contributed by atoms with Crippen LogP contribution in [0.4, 0.5) is 0 Å². The summed E-state index contributed by atoms with van der Waals surface area (Å²) in [5.41, 5.74) is 1.65. The molecule has 0 unspecified atom stereocenters. The zero-order chi connectivity index (χ0) is 16.0. The third kappa shape index (κ3) is 1.46. The number of piperidine rings is 1. The van der Waals surface area contributed by atoms with Crippen molar-refractivity contribution in [2.75, 3.05) is 13.6 Å². The number of likely N-dealkylation sites (tertiary alicyclic amines) is 1. The predicted molar refractivity (Wildman–Crippen MR) is 86.9 cm³/mol. The van der Waals surface area contributed by atoms with Crippen molar-refractivity contribution in [1.82, 2.24) is 4.90 Å². The molecule has 1 aromatic rings. The average Bonchev–Trinajstić information content (AvgIpc) is 2.91. The molecule has 4 aliphatic rings. The van der Waals surface area contributed by atoms with Crippen LogP contribution >= 0.6 is 0 Å². The number of benzene rings is 1. The first kappa shape index (κ1) is 14.1. The van der Waals surface area contributed by atoms with Crippen molar-refractivity contribution in [3.63, 3.8) is 0 Å². The van der Waals surface area contributed by atoms with Crippen LogP contribution in [0, 0.1) is 5.92 Å². The molecule has 2 fully saturated rings. The van der Waals surface area contributed by atoms with Crippen molar-refractivity contribution >= 4 is 0 Å². The van der Waals surface area contributed by atoms with Crippen LogP contribution in [0.25, 0.3) is 0 Å². The van der Waals surface area contributed by atoms with E-state index < -0.39 is 5.60 Å². The first-order chi connectivity index (χ1) is 11.0. The highest BCUT2D eigenvalue weighted by atomic mass is 16.5. The summed E-state index contributed by atoms with van der Waals surface area (Å²) in [4.78, 5) is 2.50. The van der Waals surface area contributed by atoms with Gasteiger partial charge in [-0.2, -0.15) is 0 Å². The molecular formula is C19H25NO3. The highest BCUT2D eigenvalue weighted by Gasteiger charge is 2.68. The maximum atomic E-state index is 11.3. The lowest BCUT2D eigenvalue weighted by Gasteiger charge is -2.60. The number of aromatic hydroxyl groups is 1. The Balaban J connectivity index is 1.80. The topological polar surface area (TPSA) is 52.9 Å². The van der Waals surface area contributed by atoms with E-state index >= 15 is 0 Å². The Bertz CT molecular complexity index is 689. The largest absolute Gasteiger partial charge is 0.504 e. The van der Waals surface area contributed by atoms with Crippen LogP contribution in [0.15, 0.2) is 12.1 Å². The number of phenols is 1. The Morgan fingerprint density at radius 3 is 2.96 bits per heavy atom. The fourth-order valence-corrected chi connectivity index (χ4v) is 6.23. The van der Waals surface area contributed by atoms with Crippen molar-refractivity contribution in [3.8, 4) is 11.5 Å². The summed E-state index contributed by atoms with van der Waals surface area (Å²) in [7, 11) is 2.23. The monoisotopic (exact) mass is 315 g/mol. The van der Waals surface area contributed by atoms with Gasteiger partial charge in [-0.1, -0.05) is 13.0 Å². The lowest BCUT2D eigenvalue weighted by atomic mass is 9.49. The van der Waals surface area contributed by atoms with Crippen LogP contribution in [0.3, 0.4) is 0 Å². The number of hydrogen-bond donors (Lipinski definition) is 2. The summed E-state index contributed by atoms with van der Waals surface area (Å²) in [6, 6.07) is 4.37. The average molecular weight is 315 g/mol. The van der Waals surface area contributed by atoms with E-state index in [-0.39, 0.29) is 17.3 Å². The molecule has 2 aliphatic carbocycles. The molecule has 124 valence electrons. The Hall–Kier alpha value is -1.26. The zero-order valence-corrected chi connectivity index (χ0v) is 13.9. The van der Waals surface area contributed by atoms with E-state index in [9.17, 15) is 10.2 Å². The molecule has 2 heterocycles. The van der Waals surface area contributed by atoms with Gasteiger partial charge in [-0.15, -0.1) is 0 Å². The normalized spacial score (nSPS) is 43.9. The maximum absolute atomic E-state index is 11.3. The maximum Gasteiger partial charge on any atom is 0.165 e. The van der Waals surface area contributed by atoms with Gasteiger partial charge in [0.2, 0.25) is 0 Å². The van der Waals surface area contributed by atoms with Crippen LogP contribution in [-0.2, 0) is 11.8 Å². The second-order valence-electron chi connectivity index (χ2n) is 8.09. The van der Waals surface area contributed by atoms with Crippen LogP contribution < -0.4 is 4.74 Å². The molecule has 1 saturated carbocycles. The van der Waals surface area contributed by atoms with Gasteiger partial charge in [0.1, 0.15) is 11.7 Å². The summed E-state index contributed by atoms with van der Waals surface area (Å²) in [5.74, 6) is 1.42. The van der Waals surface area contributed by atoms with Crippen molar-refractivity contribution in [2.45, 2.75) is 62.2 Å². The first-order valence-corrected chi connectivity index (χ1v) is 8.96. The summed E-state index contributed by atoms with van der Waals surface area (Å²) in [6.07, 6.45) is 4.39. The van der Waals surface area contributed by atoms with Gasteiger partial charge in [-0.3, -0.25) is 0 Å². The Morgan fingerprint density at radius 1 is 1.35 bits per heavy atom. The highest BCUT2D eigenvalue weighted by Crippen LogP contribution is 2.65. The molecule has 2 aliphatic heterocycles. The van der Waals surface area contributed by atoms with Gasteiger partial charge in [0.25, 0.3) is 0 Å². The molecule has 1 saturated heterocycles. The van der Waals surface area contributed by atoms with E-state index in [1.807, 2.05) is 0 Å². The molecule has 0 aromatic heterocycles. The Morgan fingerprint density at radius 2 is 2.17 bits per heavy atom. The van der Waals surface area contributed by atoms with E-state index in [0.29, 0.717) is 24.1 Å². The number of rotatable bonds is 1. The number of likely N-dealkylation sites (N-methyl/N-ethyl adjacent to an activating group) is 1. The lowest BCUT2D eigenvalue weighted by molar-refractivity contribution is -0.158. The number of aliphatic hydroxyl groups is 1. The van der Waals surface area contributed by atoms with Crippen LogP contribution in [0.5, 0.6) is 11.5 Å². The molecule has 4 heteroatoms. The third-order valence-electron chi connectivity index (χ3n) is 7.38. The summed E-state index contributed by atoms with van der Waals surface area (Å²) in [5, 5.41) is 21.7. The second kappa shape index (κ2) is 4.22. The van der Waals surface area contributed by atoms with Gasteiger partial charge < -0.3 is 19.8 Å². The molecule has 2 N–H and O–H groups in total. The van der Waals surface area contributed by atoms with Gasteiger partial charge in [-0.05, 0) is 63.2 Å². The molecule has 0 radical (unpaired) electrons. The van der Waals surface area contributed by atoms with Gasteiger partial charge >= 0.3 is 0 Å². The van der Waals surface area contributed by atoms with E-state index in [0.717, 1.165) is 32.2 Å². The van der Waals surface area contributed by atoms with E-state index in [2.05, 4.69) is 24.9 Å². The molecule has 1 aromatic carbocycles. The standard InChI is InChI=1S/C19H25NO3/c1-3-18(22)7-6-12-13-10-11-4-5-14(21)16-15(11)19(12,17(18)23-16)8-9-20(13)2/h4-5,12-13,17,21-22H,3,6-10H2,1-2H3/t12-,13+,17-,18-,19-/m0/s1. The van der Waals surface area contributed by atoms with E-state index in [4.69, 9.17) is 4.74 Å². The Kier molecular flexibility index (Phi) is 2.59. The molecule has 0 amide bonds.